The lowest BCUT2D eigenvalue weighted by molar-refractivity contribution is -0.0426. The molecule has 1 saturated heterocycles. The zero-order valence-corrected chi connectivity index (χ0v) is 12.1. The molecule has 0 aliphatic carbocycles. The summed E-state index contributed by atoms with van der Waals surface area (Å²) in [5, 5.41) is 4.12. The first-order valence-corrected chi connectivity index (χ1v) is 7.30. The summed E-state index contributed by atoms with van der Waals surface area (Å²) in [6, 6.07) is 7.42. The first-order chi connectivity index (χ1) is 10.7. The van der Waals surface area contributed by atoms with Gasteiger partial charge in [0.15, 0.2) is 6.23 Å². The standard InChI is InChI=1S/C16H17FN2O3/c17-13-6-4-12(5-7-13)11-22-14-9-15(20)19(18-10-14)16-3-1-2-8-21-16/h4-7,9-10,16H,1-3,8,11H2. The first-order valence-electron chi connectivity index (χ1n) is 7.30. The molecule has 1 aliphatic rings. The Morgan fingerprint density at radius 1 is 1.32 bits per heavy atom. The molecule has 1 atom stereocenters. The molecule has 116 valence electrons. The monoisotopic (exact) mass is 304 g/mol. The molecule has 1 aromatic carbocycles. The molecule has 3 rings (SSSR count). The molecule has 2 heterocycles. The van der Waals surface area contributed by atoms with Crippen LogP contribution in [0.5, 0.6) is 5.75 Å². The molecular weight excluding hydrogens is 287 g/mol. The van der Waals surface area contributed by atoms with E-state index in [2.05, 4.69) is 5.10 Å². The first kappa shape index (κ1) is 14.7. The third-order valence-electron chi connectivity index (χ3n) is 3.55. The maximum atomic E-state index is 12.8. The van der Waals surface area contributed by atoms with Crippen molar-refractivity contribution in [3.63, 3.8) is 0 Å². The summed E-state index contributed by atoms with van der Waals surface area (Å²) >= 11 is 0. The van der Waals surface area contributed by atoms with Crippen molar-refractivity contribution in [1.82, 2.24) is 9.78 Å². The lowest BCUT2D eigenvalue weighted by Gasteiger charge is -2.23. The normalized spacial score (nSPS) is 18.1. The van der Waals surface area contributed by atoms with Gasteiger partial charge < -0.3 is 9.47 Å². The Morgan fingerprint density at radius 3 is 2.82 bits per heavy atom. The van der Waals surface area contributed by atoms with Crippen molar-refractivity contribution >= 4 is 0 Å². The Bertz CT molecular complexity index is 679. The molecular formula is C16H17FN2O3. The van der Waals surface area contributed by atoms with E-state index in [0.29, 0.717) is 12.4 Å². The summed E-state index contributed by atoms with van der Waals surface area (Å²) in [4.78, 5) is 12.1. The fourth-order valence-corrected chi connectivity index (χ4v) is 2.36. The molecule has 5 nitrogen and oxygen atoms in total. The summed E-state index contributed by atoms with van der Waals surface area (Å²) in [6.07, 6.45) is 4.06. The Labute approximate surface area is 127 Å². The van der Waals surface area contributed by atoms with Crippen LogP contribution in [-0.4, -0.2) is 16.4 Å². The van der Waals surface area contributed by atoms with Crippen molar-refractivity contribution in [2.24, 2.45) is 0 Å². The van der Waals surface area contributed by atoms with E-state index in [1.807, 2.05) is 0 Å². The van der Waals surface area contributed by atoms with Gasteiger partial charge in [-0.05, 0) is 37.0 Å². The summed E-state index contributed by atoms with van der Waals surface area (Å²) in [5.41, 5.74) is 0.574. The van der Waals surface area contributed by atoms with Gasteiger partial charge in [0.25, 0.3) is 5.56 Å². The zero-order valence-electron chi connectivity index (χ0n) is 12.1. The average Bonchev–Trinajstić information content (AvgIpc) is 2.55. The Balaban J connectivity index is 1.66. The molecule has 0 radical (unpaired) electrons. The van der Waals surface area contributed by atoms with Crippen LogP contribution >= 0.6 is 0 Å². The molecule has 0 saturated carbocycles. The van der Waals surface area contributed by atoms with Crippen molar-refractivity contribution in [2.75, 3.05) is 6.61 Å². The van der Waals surface area contributed by atoms with Crippen LogP contribution < -0.4 is 10.3 Å². The molecule has 0 amide bonds. The van der Waals surface area contributed by atoms with Gasteiger partial charge in [0, 0.05) is 12.7 Å². The maximum Gasteiger partial charge on any atom is 0.272 e. The highest BCUT2D eigenvalue weighted by Gasteiger charge is 2.17. The smallest absolute Gasteiger partial charge is 0.272 e. The molecule has 22 heavy (non-hydrogen) atoms. The van der Waals surface area contributed by atoms with Crippen LogP contribution in [0, 0.1) is 5.82 Å². The highest BCUT2D eigenvalue weighted by molar-refractivity contribution is 5.18. The Kier molecular flexibility index (Phi) is 4.48. The number of aromatic nitrogens is 2. The minimum absolute atomic E-state index is 0.247. The lowest BCUT2D eigenvalue weighted by Crippen LogP contribution is -2.30. The van der Waals surface area contributed by atoms with Gasteiger partial charge in [0.05, 0.1) is 6.20 Å². The average molecular weight is 304 g/mol. The van der Waals surface area contributed by atoms with Crippen molar-refractivity contribution in [3.8, 4) is 5.75 Å². The highest BCUT2D eigenvalue weighted by Crippen LogP contribution is 2.20. The van der Waals surface area contributed by atoms with Crippen molar-refractivity contribution in [3.05, 3.63) is 58.3 Å². The van der Waals surface area contributed by atoms with E-state index in [1.165, 1.54) is 29.1 Å². The number of ether oxygens (including phenoxy) is 2. The van der Waals surface area contributed by atoms with Gasteiger partial charge in [-0.3, -0.25) is 4.79 Å². The number of hydrogen-bond donors (Lipinski definition) is 0. The van der Waals surface area contributed by atoms with Gasteiger partial charge in [0.2, 0.25) is 0 Å². The Hall–Kier alpha value is -2.21. The molecule has 2 aromatic rings. The second-order valence-corrected chi connectivity index (χ2v) is 5.21. The van der Waals surface area contributed by atoms with Crippen LogP contribution in [0.1, 0.15) is 31.1 Å². The van der Waals surface area contributed by atoms with Crippen molar-refractivity contribution in [1.29, 1.82) is 0 Å². The van der Waals surface area contributed by atoms with E-state index in [4.69, 9.17) is 9.47 Å². The van der Waals surface area contributed by atoms with E-state index in [0.717, 1.165) is 24.8 Å². The van der Waals surface area contributed by atoms with Gasteiger partial charge in [-0.15, -0.1) is 0 Å². The van der Waals surface area contributed by atoms with E-state index in [-0.39, 0.29) is 24.2 Å². The summed E-state index contributed by atoms with van der Waals surface area (Å²) in [5.74, 6) is 0.0990. The summed E-state index contributed by atoms with van der Waals surface area (Å²) in [7, 11) is 0. The summed E-state index contributed by atoms with van der Waals surface area (Å²) < 4.78 is 25.2. The van der Waals surface area contributed by atoms with Crippen LogP contribution in [0.15, 0.2) is 41.3 Å². The molecule has 1 fully saturated rings. The number of hydrogen-bond acceptors (Lipinski definition) is 4. The molecule has 1 aliphatic heterocycles. The van der Waals surface area contributed by atoms with Crippen LogP contribution in [0.4, 0.5) is 4.39 Å². The Morgan fingerprint density at radius 2 is 2.14 bits per heavy atom. The SMILES string of the molecule is O=c1cc(OCc2ccc(F)cc2)cnn1C1CCCCO1. The predicted molar refractivity (Wildman–Crippen MR) is 78.1 cm³/mol. The van der Waals surface area contributed by atoms with E-state index in [9.17, 15) is 9.18 Å². The van der Waals surface area contributed by atoms with Crippen LogP contribution in [0.25, 0.3) is 0 Å². The fourth-order valence-electron chi connectivity index (χ4n) is 2.36. The van der Waals surface area contributed by atoms with Gasteiger partial charge in [-0.1, -0.05) is 12.1 Å². The number of nitrogens with zero attached hydrogens (tertiary/aromatic N) is 2. The third kappa shape index (κ3) is 3.51. The van der Waals surface area contributed by atoms with Crippen LogP contribution in [0.3, 0.4) is 0 Å². The van der Waals surface area contributed by atoms with E-state index < -0.39 is 0 Å². The van der Waals surface area contributed by atoms with Crippen LogP contribution in [-0.2, 0) is 11.3 Å². The molecule has 6 heteroatoms. The molecule has 1 unspecified atom stereocenters. The van der Waals surface area contributed by atoms with E-state index in [1.54, 1.807) is 12.1 Å². The second-order valence-electron chi connectivity index (χ2n) is 5.21. The van der Waals surface area contributed by atoms with E-state index >= 15 is 0 Å². The van der Waals surface area contributed by atoms with Gasteiger partial charge in [0.1, 0.15) is 18.2 Å². The predicted octanol–water partition coefficient (Wildman–Crippen LogP) is 2.66. The van der Waals surface area contributed by atoms with Gasteiger partial charge in [-0.2, -0.15) is 5.10 Å². The minimum Gasteiger partial charge on any atom is -0.487 e. The minimum atomic E-state index is -0.291. The zero-order chi connectivity index (χ0) is 15.4. The quantitative estimate of drug-likeness (QED) is 0.871. The third-order valence-corrected chi connectivity index (χ3v) is 3.55. The largest absolute Gasteiger partial charge is 0.487 e. The summed E-state index contributed by atoms with van der Waals surface area (Å²) in [6.45, 7) is 0.910. The second kappa shape index (κ2) is 6.70. The number of halogens is 1. The highest BCUT2D eigenvalue weighted by atomic mass is 19.1. The van der Waals surface area contributed by atoms with Gasteiger partial charge >= 0.3 is 0 Å². The fraction of sp³-hybridized carbons (Fsp3) is 0.375. The molecule has 0 bridgehead atoms. The number of benzene rings is 1. The lowest BCUT2D eigenvalue weighted by atomic mass is 10.2. The molecule has 0 spiro atoms. The topological polar surface area (TPSA) is 53.3 Å². The molecule has 0 N–H and O–H groups in total. The van der Waals surface area contributed by atoms with Gasteiger partial charge in [-0.25, -0.2) is 9.07 Å². The maximum absolute atomic E-state index is 12.8. The van der Waals surface area contributed by atoms with Crippen molar-refractivity contribution in [2.45, 2.75) is 32.1 Å². The number of rotatable bonds is 4. The molecule has 1 aromatic heterocycles. The van der Waals surface area contributed by atoms with Crippen molar-refractivity contribution < 1.29 is 13.9 Å². The van der Waals surface area contributed by atoms with Crippen LogP contribution in [0.2, 0.25) is 0 Å².